The maximum atomic E-state index is 11.5. The van der Waals surface area contributed by atoms with E-state index in [9.17, 15) is 18.0 Å². The van der Waals surface area contributed by atoms with Gasteiger partial charge in [0, 0.05) is 41.9 Å². The van der Waals surface area contributed by atoms with Crippen LogP contribution in [0.25, 0.3) is 21.8 Å². The van der Waals surface area contributed by atoms with Crippen LogP contribution in [0.3, 0.4) is 0 Å². The molecular formula is C30H40ClF3N4O4. The Kier molecular flexibility index (Phi) is 15.2. The molecule has 0 aliphatic rings. The van der Waals surface area contributed by atoms with Gasteiger partial charge >= 0.3 is 12.1 Å². The van der Waals surface area contributed by atoms with E-state index in [4.69, 9.17) is 37.0 Å². The number of pyridine rings is 1. The van der Waals surface area contributed by atoms with Crippen LogP contribution in [0, 0.1) is 0 Å². The largest absolute Gasteiger partial charge is 0.497 e. The number of aromatic nitrogens is 1. The van der Waals surface area contributed by atoms with E-state index in [2.05, 4.69) is 10.6 Å². The molecule has 3 aromatic rings. The molecule has 12 heteroatoms. The van der Waals surface area contributed by atoms with Crippen LogP contribution in [-0.2, 0) is 9.59 Å². The average Bonchev–Trinajstić information content (AvgIpc) is 2.95. The van der Waals surface area contributed by atoms with E-state index in [0.717, 1.165) is 59.0 Å². The predicted octanol–water partition coefficient (Wildman–Crippen LogP) is 7.07. The minimum Gasteiger partial charge on any atom is -0.497 e. The Hall–Kier alpha value is -3.31. The van der Waals surface area contributed by atoms with Gasteiger partial charge < -0.3 is 26.2 Å². The molecule has 0 aliphatic heterocycles. The maximum absolute atomic E-state index is 11.5. The molecule has 1 heterocycles. The SMILES string of the molecule is COc1ccc2nc3cc(Cl)ccc3c(NCCCCCCCCCCCC(=O)NCCN)c2c1.O=C(O)C(F)(F)F. The Labute approximate surface area is 249 Å². The molecule has 232 valence electrons. The Morgan fingerprint density at radius 2 is 1.52 bits per heavy atom. The third kappa shape index (κ3) is 12.3. The van der Waals surface area contributed by atoms with Gasteiger partial charge in [0.15, 0.2) is 0 Å². The van der Waals surface area contributed by atoms with Gasteiger partial charge in [0.25, 0.3) is 0 Å². The summed E-state index contributed by atoms with van der Waals surface area (Å²) < 4.78 is 37.2. The molecule has 0 fully saturated rings. The standard InChI is InChI=1S/C28H39ClN4O2.C2HF3O2/c1-35-22-13-15-25-24(20-22)28(23-14-12-21(29)19-26(23)33-25)32-17-10-8-6-4-2-3-5-7-9-11-27(34)31-18-16-30;3-2(4,5)1(6)7/h12-15,19-20H,2-11,16-18,30H2,1H3,(H,31,34)(H,32,33);(H,6,7). The van der Waals surface area contributed by atoms with Crippen LogP contribution in [0.4, 0.5) is 18.9 Å². The fourth-order valence-electron chi connectivity index (χ4n) is 4.38. The fraction of sp³-hybridized carbons (Fsp3) is 0.500. The van der Waals surface area contributed by atoms with E-state index in [-0.39, 0.29) is 5.91 Å². The van der Waals surface area contributed by atoms with Crippen molar-refractivity contribution >= 4 is 51.0 Å². The number of nitrogens with zero attached hydrogens (tertiary/aromatic N) is 1. The molecule has 3 rings (SSSR count). The number of methoxy groups -OCH3 is 1. The van der Waals surface area contributed by atoms with Crippen LogP contribution >= 0.6 is 11.6 Å². The molecule has 0 unspecified atom stereocenters. The smallest absolute Gasteiger partial charge is 0.490 e. The summed E-state index contributed by atoms with van der Waals surface area (Å²) in [5.74, 6) is -1.81. The molecule has 0 aliphatic carbocycles. The summed E-state index contributed by atoms with van der Waals surface area (Å²) >= 11 is 6.22. The molecule has 42 heavy (non-hydrogen) atoms. The van der Waals surface area contributed by atoms with Gasteiger partial charge in [-0.15, -0.1) is 0 Å². The number of carbonyl (C=O) groups excluding carboxylic acids is 1. The number of alkyl halides is 3. The van der Waals surface area contributed by atoms with Crippen molar-refractivity contribution in [3.8, 4) is 5.75 Å². The number of halogens is 4. The number of nitrogens with one attached hydrogen (secondary N) is 2. The maximum Gasteiger partial charge on any atom is 0.490 e. The highest BCUT2D eigenvalue weighted by Crippen LogP contribution is 2.34. The summed E-state index contributed by atoms with van der Waals surface area (Å²) in [5.41, 5.74) is 8.31. The zero-order valence-corrected chi connectivity index (χ0v) is 24.6. The van der Waals surface area contributed by atoms with Crippen molar-refractivity contribution < 1.29 is 32.6 Å². The number of carboxylic acids is 1. The van der Waals surface area contributed by atoms with Gasteiger partial charge in [-0.25, -0.2) is 9.78 Å². The zero-order chi connectivity index (χ0) is 31.0. The van der Waals surface area contributed by atoms with Gasteiger partial charge in [0.1, 0.15) is 5.75 Å². The molecule has 5 N–H and O–H groups in total. The van der Waals surface area contributed by atoms with Gasteiger partial charge in [-0.1, -0.05) is 56.5 Å². The van der Waals surface area contributed by atoms with Crippen LogP contribution < -0.4 is 21.1 Å². The highest BCUT2D eigenvalue weighted by molar-refractivity contribution is 6.31. The van der Waals surface area contributed by atoms with E-state index in [1.54, 1.807) is 7.11 Å². The molecule has 0 saturated heterocycles. The summed E-state index contributed by atoms with van der Waals surface area (Å²) in [7, 11) is 1.69. The predicted molar refractivity (Wildman–Crippen MR) is 161 cm³/mol. The number of benzene rings is 2. The highest BCUT2D eigenvalue weighted by Gasteiger charge is 2.38. The van der Waals surface area contributed by atoms with E-state index < -0.39 is 12.1 Å². The Bertz CT molecular complexity index is 1290. The number of fused-ring (bicyclic) bond motifs is 2. The number of amides is 1. The number of rotatable bonds is 16. The Morgan fingerprint density at radius 1 is 0.905 bits per heavy atom. The Morgan fingerprint density at radius 3 is 2.12 bits per heavy atom. The van der Waals surface area contributed by atoms with Crippen molar-refractivity contribution in [1.29, 1.82) is 0 Å². The molecule has 8 nitrogen and oxygen atoms in total. The van der Waals surface area contributed by atoms with E-state index in [1.807, 2.05) is 36.4 Å². The van der Waals surface area contributed by atoms with Gasteiger partial charge in [0.2, 0.25) is 5.91 Å². The fourth-order valence-corrected chi connectivity index (χ4v) is 4.54. The minimum absolute atomic E-state index is 0.125. The second-order valence-electron chi connectivity index (χ2n) is 9.83. The average molecular weight is 613 g/mol. The molecule has 1 amide bonds. The lowest BCUT2D eigenvalue weighted by atomic mass is 10.1. The molecule has 0 atom stereocenters. The lowest BCUT2D eigenvalue weighted by molar-refractivity contribution is -0.192. The van der Waals surface area contributed by atoms with Gasteiger partial charge in [-0.2, -0.15) is 13.2 Å². The number of ether oxygens (including phenoxy) is 1. The third-order valence-electron chi connectivity index (χ3n) is 6.53. The quantitative estimate of drug-likeness (QED) is 0.101. The first-order valence-corrected chi connectivity index (χ1v) is 14.5. The third-order valence-corrected chi connectivity index (χ3v) is 6.77. The number of hydrogen-bond donors (Lipinski definition) is 4. The van der Waals surface area contributed by atoms with Gasteiger partial charge in [-0.3, -0.25) is 4.79 Å². The number of aliphatic carboxylic acids is 1. The van der Waals surface area contributed by atoms with Crippen LogP contribution in [-0.4, -0.2) is 54.9 Å². The van der Waals surface area contributed by atoms with Gasteiger partial charge in [0.05, 0.1) is 23.8 Å². The van der Waals surface area contributed by atoms with Crippen LogP contribution in [0.5, 0.6) is 5.75 Å². The summed E-state index contributed by atoms with van der Waals surface area (Å²) in [6.07, 6.45) is 6.23. The monoisotopic (exact) mass is 612 g/mol. The summed E-state index contributed by atoms with van der Waals surface area (Å²) in [6, 6.07) is 11.9. The van der Waals surface area contributed by atoms with Crippen LogP contribution in [0.1, 0.15) is 64.2 Å². The first kappa shape index (κ1) is 34.9. The van der Waals surface area contributed by atoms with Crippen LogP contribution in [0.15, 0.2) is 36.4 Å². The van der Waals surface area contributed by atoms with E-state index in [0.29, 0.717) is 24.5 Å². The minimum atomic E-state index is -5.08. The Balaban J connectivity index is 0.000000782. The van der Waals surface area contributed by atoms with Gasteiger partial charge in [-0.05, 0) is 49.2 Å². The molecule has 1 aromatic heterocycles. The first-order chi connectivity index (χ1) is 20.1. The summed E-state index contributed by atoms with van der Waals surface area (Å²) in [4.78, 5) is 25.2. The van der Waals surface area contributed by atoms with E-state index >= 15 is 0 Å². The van der Waals surface area contributed by atoms with Crippen molar-refractivity contribution in [1.82, 2.24) is 10.3 Å². The second-order valence-corrected chi connectivity index (χ2v) is 10.3. The van der Waals surface area contributed by atoms with Crippen molar-refractivity contribution in [3.05, 3.63) is 41.4 Å². The van der Waals surface area contributed by atoms with Crippen LogP contribution in [0.2, 0.25) is 5.02 Å². The number of carbonyl (C=O) groups is 2. The van der Waals surface area contributed by atoms with Crippen molar-refractivity contribution in [2.24, 2.45) is 5.73 Å². The molecule has 0 spiro atoms. The van der Waals surface area contributed by atoms with Crippen molar-refractivity contribution in [3.63, 3.8) is 0 Å². The lowest BCUT2D eigenvalue weighted by Crippen LogP contribution is -2.28. The normalized spacial score (nSPS) is 11.2. The van der Waals surface area contributed by atoms with E-state index in [1.165, 1.54) is 38.5 Å². The lowest BCUT2D eigenvalue weighted by Gasteiger charge is -2.14. The number of carboxylic acid groups (broad SMARTS) is 1. The molecule has 0 bridgehead atoms. The molecular weight excluding hydrogens is 573 g/mol. The molecule has 2 aromatic carbocycles. The number of anilines is 1. The molecule has 0 saturated carbocycles. The molecule has 0 radical (unpaired) electrons. The second kappa shape index (κ2) is 18.3. The summed E-state index contributed by atoms with van der Waals surface area (Å²) in [5, 5.41) is 16.4. The number of nitrogens with two attached hydrogens (primary N) is 1. The van der Waals surface area contributed by atoms with Crippen molar-refractivity contribution in [2.75, 3.05) is 32.1 Å². The zero-order valence-electron chi connectivity index (χ0n) is 23.9. The summed E-state index contributed by atoms with van der Waals surface area (Å²) in [6.45, 7) is 2.00. The first-order valence-electron chi connectivity index (χ1n) is 14.1. The topological polar surface area (TPSA) is 127 Å². The number of hydrogen-bond acceptors (Lipinski definition) is 6. The van der Waals surface area contributed by atoms with Crippen molar-refractivity contribution in [2.45, 2.75) is 70.4 Å². The number of unbranched alkanes of at least 4 members (excludes halogenated alkanes) is 8. The highest BCUT2D eigenvalue weighted by atomic mass is 35.5.